The summed E-state index contributed by atoms with van der Waals surface area (Å²) in [6.07, 6.45) is 1.70. The minimum absolute atomic E-state index is 0.198. The average Bonchev–Trinajstić information content (AvgIpc) is 2.68. The van der Waals surface area contributed by atoms with Crippen molar-refractivity contribution in [1.29, 1.82) is 0 Å². The van der Waals surface area contributed by atoms with Gasteiger partial charge < -0.3 is 10.2 Å². The first-order chi connectivity index (χ1) is 7.60. The minimum Gasteiger partial charge on any atom is -0.315 e. The van der Waals surface area contributed by atoms with E-state index in [-0.39, 0.29) is 5.25 Å². The summed E-state index contributed by atoms with van der Waals surface area (Å²) in [4.78, 5) is 2.20. The molecule has 0 amide bonds. The van der Waals surface area contributed by atoms with Crippen LogP contribution in [0.25, 0.3) is 0 Å². The summed E-state index contributed by atoms with van der Waals surface area (Å²) in [5.74, 6) is 0. The largest absolute Gasteiger partial charge is 0.315 e. The zero-order chi connectivity index (χ0) is 11.6. The Kier molecular flexibility index (Phi) is 3.84. The third-order valence-corrected chi connectivity index (χ3v) is 5.80. The van der Waals surface area contributed by atoms with Crippen LogP contribution in [0.15, 0.2) is 0 Å². The molecule has 2 saturated heterocycles. The molecule has 1 N–H and O–H groups in total. The van der Waals surface area contributed by atoms with Gasteiger partial charge in [-0.2, -0.15) is 0 Å². The maximum Gasteiger partial charge on any atom is 0.218 e. The SMILES string of the molecule is CN1CCCN(S(=O)(=O)C2CCNC2)CC1. The highest BCUT2D eigenvalue weighted by Crippen LogP contribution is 2.17. The molecule has 1 unspecified atom stereocenters. The lowest BCUT2D eigenvalue weighted by atomic mass is 10.4. The highest BCUT2D eigenvalue weighted by Gasteiger charge is 2.34. The maximum absolute atomic E-state index is 12.3. The molecule has 2 heterocycles. The molecule has 0 aromatic heterocycles. The summed E-state index contributed by atoms with van der Waals surface area (Å²) in [7, 11) is -1.02. The van der Waals surface area contributed by atoms with E-state index in [1.165, 1.54) is 0 Å². The number of nitrogens with zero attached hydrogens (tertiary/aromatic N) is 2. The van der Waals surface area contributed by atoms with Crippen molar-refractivity contribution in [3.8, 4) is 0 Å². The van der Waals surface area contributed by atoms with Gasteiger partial charge in [-0.1, -0.05) is 0 Å². The Balaban J connectivity index is 2.04. The van der Waals surface area contributed by atoms with Crippen molar-refractivity contribution < 1.29 is 8.42 Å². The zero-order valence-electron chi connectivity index (χ0n) is 9.85. The van der Waals surface area contributed by atoms with Gasteiger partial charge in [-0.25, -0.2) is 12.7 Å². The van der Waals surface area contributed by atoms with E-state index >= 15 is 0 Å². The van der Waals surface area contributed by atoms with Crippen molar-refractivity contribution in [2.75, 3.05) is 46.3 Å². The van der Waals surface area contributed by atoms with Crippen LogP contribution in [0.2, 0.25) is 0 Å². The Morgan fingerprint density at radius 1 is 1.19 bits per heavy atom. The molecule has 0 aromatic carbocycles. The first-order valence-corrected chi connectivity index (χ1v) is 7.49. The standard InChI is InChI=1S/C10H21N3O2S/c1-12-5-2-6-13(8-7-12)16(14,15)10-3-4-11-9-10/h10-11H,2-9H2,1H3. The third kappa shape index (κ3) is 2.56. The molecule has 94 valence electrons. The molecule has 0 radical (unpaired) electrons. The number of rotatable bonds is 2. The average molecular weight is 247 g/mol. The topological polar surface area (TPSA) is 52.7 Å². The Morgan fingerprint density at radius 2 is 2.00 bits per heavy atom. The molecular weight excluding hydrogens is 226 g/mol. The van der Waals surface area contributed by atoms with E-state index in [1.54, 1.807) is 4.31 Å². The van der Waals surface area contributed by atoms with Gasteiger partial charge in [0, 0.05) is 26.2 Å². The van der Waals surface area contributed by atoms with E-state index in [9.17, 15) is 8.42 Å². The summed E-state index contributed by atoms with van der Waals surface area (Å²) in [5.41, 5.74) is 0. The van der Waals surface area contributed by atoms with Crippen LogP contribution in [-0.4, -0.2) is 69.2 Å². The summed E-state index contributed by atoms with van der Waals surface area (Å²) in [6.45, 7) is 4.62. The summed E-state index contributed by atoms with van der Waals surface area (Å²) in [5, 5.41) is 2.93. The highest BCUT2D eigenvalue weighted by molar-refractivity contribution is 7.89. The van der Waals surface area contributed by atoms with Crippen molar-refractivity contribution >= 4 is 10.0 Å². The second-order valence-corrected chi connectivity index (χ2v) is 6.93. The molecule has 5 nitrogen and oxygen atoms in total. The number of likely N-dealkylation sites (N-methyl/N-ethyl adjacent to an activating group) is 1. The smallest absolute Gasteiger partial charge is 0.218 e. The fourth-order valence-corrected chi connectivity index (χ4v) is 4.26. The van der Waals surface area contributed by atoms with Gasteiger partial charge in [0.25, 0.3) is 0 Å². The molecule has 2 fully saturated rings. The van der Waals surface area contributed by atoms with Gasteiger partial charge in [-0.3, -0.25) is 0 Å². The molecule has 0 bridgehead atoms. The van der Waals surface area contributed by atoms with Crippen molar-refractivity contribution in [3.05, 3.63) is 0 Å². The minimum atomic E-state index is -3.06. The molecule has 0 saturated carbocycles. The summed E-state index contributed by atoms with van der Waals surface area (Å²) < 4.78 is 26.3. The van der Waals surface area contributed by atoms with Gasteiger partial charge in [-0.15, -0.1) is 0 Å². The Bertz CT molecular complexity index is 325. The lowest BCUT2D eigenvalue weighted by molar-refractivity contribution is 0.346. The first-order valence-electron chi connectivity index (χ1n) is 5.99. The van der Waals surface area contributed by atoms with E-state index in [4.69, 9.17) is 0 Å². The van der Waals surface area contributed by atoms with E-state index in [1.807, 2.05) is 7.05 Å². The quantitative estimate of drug-likeness (QED) is 0.702. The van der Waals surface area contributed by atoms with Gasteiger partial charge in [0.15, 0.2) is 0 Å². The van der Waals surface area contributed by atoms with Gasteiger partial charge in [-0.05, 0) is 33.0 Å². The van der Waals surface area contributed by atoms with E-state index < -0.39 is 10.0 Å². The molecule has 0 aromatic rings. The highest BCUT2D eigenvalue weighted by atomic mass is 32.2. The Morgan fingerprint density at radius 3 is 2.69 bits per heavy atom. The van der Waals surface area contributed by atoms with Crippen molar-refractivity contribution in [2.45, 2.75) is 18.1 Å². The Labute approximate surface area is 97.8 Å². The fraction of sp³-hybridized carbons (Fsp3) is 1.00. The molecule has 2 aliphatic heterocycles. The first kappa shape index (κ1) is 12.3. The molecule has 0 spiro atoms. The molecule has 2 rings (SSSR count). The van der Waals surface area contributed by atoms with Gasteiger partial charge in [0.05, 0.1) is 5.25 Å². The molecule has 2 aliphatic rings. The second-order valence-electron chi connectivity index (χ2n) is 4.72. The third-order valence-electron chi connectivity index (χ3n) is 3.47. The molecule has 0 aliphatic carbocycles. The predicted octanol–water partition coefficient (Wildman–Crippen LogP) is -0.684. The van der Waals surface area contributed by atoms with Crippen LogP contribution >= 0.6 is 0 Å². The van der Waals surface area contributed by atoms with Gasteiger partial charge in [0.2, 0.25) is 10.0 Å². The fourth-order valence-electron chi connectivity index (χ4n) is 2.37. The van der Waals surface area contributed by atoms with Crippen LogP contribution in [0.1, 0.15) is 12.8 Å². The molecule has 6 heteroatoms. The van der Waals surface area contributed by atoms with Gasteiger partial charge in [0.1, 0.15) is 0 Å². The van der Waals surface area contributed by atoms with Crippen LogP contribution < -0.4 is 5.32 Å². The number of hydrogen-bond acceptors (Lipinski definition) is 4. The van der Waals surface area contributed by atoms with Crippen LogP contribution in [0.3, 0.4) is 0 Å². The molecule has 1 atom stereocenters. The maximum atomic E-state index is 12.3. The number of sulfonamides is 1. The molecule has 16 heavy (non-hydrogen) atoms. The van der Waals surface area contributed by atoms with Crippen LogP contribution in [0.5, 0.6) is 0 Å². The predicted molar refractivity (Wildman–Crippen MR) is 63.9 cm³/mol. The van der Waals surface area contributed by atoms with Crippen molar-refractivity contribution in [1.82, 2.24) is 14.5 Å². The van der Waals surface area contributed by atoms with Crippen LogP contribution in [0.4, 0.5) is 0 Å². The monoisotopic (exact) mass is 247 g/mol. The lowest BCUT2D eigenvalue weighted by Crippen LogP contribution is -2.41. The number of nitrogens with one attached hydrogen (secondary N) is 1. The van der Waals surface area contributed by atoms with Gasteiger partial charge >= 0.3 is 0 Å². The van der Waals surface area contributed by atoms with Crippen molar-refractivity contribution in [3.63, 3.8) is 0 Å². The van der Waals surface area contributed by atoms with Crippen LogP contribution in [-0.2, 0) is 10.0 Å². The van der Waals surface area contributed by atoms with E-state index in [0.29, 0.717) is 19.6 Å². The second kappa shape index (κ2) is 5.00. The van der Waals surface area contributed by atoms with Crippen LogP contribution in [0, 0.1) is 0 Å². The lowest BCUT2D eigenvalue weighted by Gasteiger charge is -2.23. The van der Waals surface area contributed by atoms with E-state index in [0.717, 1.165) is 32.5 Å². The zero-order valence-corrected chi connectivity index (χ0v) is 10.7. The molecular formula is C10H21N3O2S. The summed E-state index contributed by atoms with van der Waals surface area (Å²) in [6, 6.07) is 0. The number of hydrogen-bond donors (Lipinski definition) is 1. The Hall–Kier alpha value is -0.170. The summed E-state index contributed by atoms with van der Waals surface area (Å²) >= 11 is 0. The van der Waals surface area contributed by atoms with Crippen molar-refractivity contribution in [2.24, 2.45) is 0 Å². The van der Waals surface area contributed by atoms with E-state index in [2.05, 4.69) is 10.2 Å². The normalized spacial score (nSPS) is 30.4.